The highest BCUT2D eigenvalue weighted by Gasteiger charge is 2.48. The number of amides is 1. The topological polar surface area (TPSA) is 112 Å². The standard InChI is InChI=1S/C30H33FN3O6P/c1-2-39-27-16-26(21-5-7-23(31)8-6-21)25(20-3-4-20)15-22(27)18-33-13-11-30(12-14-33)19-34(29(35)40-30)28-10-9-24(17-32-28)41(36,37)38/h5-10,15-17,20H,2-4,11-14,18-19H2,1H3,(H2,36,37,38). The Morgan fingerprint density at radius 1 is 1.12 bits per heavy atom. The number of piperidine rings is 1. The number of benzene rings is 2. The number of likely N-dealkylation sites (tertiary alicyclic amines) is 1. The van der Waals surface area contributed by atoms with E-state index in [4.69, 9.17) is 9.47 Å². The van der Waals surface area contributed by atoms with E-state index >= 15 is 0 Å². The lowest BCUT2D eigenvalue weighted by atomic mass is 9.90. The summed E-state index contributed by atoms with van der Waals surface area (Å²) in [5, 5.41) is -0.196. The van der Waals surface area contributed by atoms with Crippen LogP contribution < -0.4 is 14.9 Å². The van der Waals surface area contributed by atoms with Gasteiger partial charge in [0, 0.05) is 44.2 Å². The van der Waals surface area contributed by atoms with E-state index in [1.54, 1.807) is 0 Å². The first-order valence-corrected chi connectivity index (χ1v) is 15.6. The van der Waals surface area contributed by atoms with Crippen molar-refractivity contribution in [2.75, 3.05) is 31.1 Å². The third kappa shape index (κ3) is 5.88. The van der Waals surface area contributed by atoms with Gasteiger partial charge in [0.1, 0.15) is 23.0 Å². The molecule has 1 spiro atoms. The zero-order valence-electron chi connectivity index (χ0n) is 22.8. The average Bonchev–Trinajstić information content (AvgIpc) is 3.74. The lowest BCUT2D eigenvalue weighted by Crippen LogP contribution is -2.46. The maximum atomic E-state index is 13.6. The minimum atomic E-state index is -4.41. The highest BCUT2D eigenvalue weighted by atomic mass is 31.2. The number of pyridine rings is 1. The summed E-state index contributed by atoms with van der Waals surface area (Å²) in [7, 11) is -4.41. The Labute approximate surface area is 238 Å². The van der Waals surface area contributed by atoms with Gasteiger partial charge < -0.3 is 19.3 Å². The predicted octanol–water partition coefficient (Wildman–Crippen LogP) is 4.96. The second-order valence-electron chi connectivity index (χ2n) is 11.1. The molecule has 3 heterocycles. The van der Waals surface area contributed by atoms with Crippen LogP contribution in [0.25, 0.3) is 11.1 Å². The van der Waals surface area contributed by atoms with Crippen molar-refractivity contribution < 1.29 is 33.0 Å². The molecule has 0 unspecified atom stereocenters. The molecule has 216 valence electrons. The van der Waals surface area contributed by atoms with Gasteiger partial charge in [0.2, 0.25) is 0 Å². The van der Waals surface area contributed by atoms with Gasteiger partial charge in [-0.05, 0) is 78.8 Å². The summed E-state index contributed by atoms with van der Waals surface area (Å²) >= 11 is 0. The van der Waals surface area contributed by atoms with Crippen molar-refractivity contribution in [2.24, 2.45) is 0 Å². The number of halogens is 1. The molecular weight excluding hydrogens is 548 g/mol. The predicted molar refractivity (Wildman–Crippen MR) is 152 cm³/mol. The number of anilines is 1. The Balaban J connectivity index is 1.16. The fourth-order valence-corrected chi connectivity index (χ4v) is 6.28. The monoisotopic (exact) mass is 581 g/mol. The van der Waals surface area contributed by atoms with Gasteiger partial charge in [0.15, 0.2) is 0 Å². The van der Waals surface area contributed by atoms with Crippen molar-refractivity contribution in [3.8, 4) is 16.9 Å². The normalized spacial score (nSPS) is 19.0. The summed E-state index contributed by atoms with van der Waals surface area (Å²) in [6, 6.07) is 13.7. The summed E-state index contributed by atoms with van der Waals surface area (Å²) in [6.45, 7) is 5.01. The van der Waals surface area contributed by atoms with Crippen molar-refractivity contribution in [1.29, 1.82) is 0 Å². The lowest BCUT2D eigenvalue weighted by Gasteiger charge is -2.37. The summed E-state index contributed by atoms with van der Waals surface area (Å²) < 4.78 is 37.0. The minimum Gasteiger partial charge on any atom is -0.494 e. The summed E-state index contributed by atoms with van der Waals surface area (Å²) in [6.07, 6.45) is 4.20. The van der Waals surface area contributed by atoms with Crippen LogP contribution in [0.5, 0.6) is 5.75 Å². The van der Waals surface area contributed by atoms with Crippen LogP contribution in [0, 0.1) is 5.82 Å². The quantitative estimate of drug-likeness (QED) is 0.359. The van der Waals surface area contributed by atoms with Gasteiger partial charge in [0.25, 0.3) is 0 Å². The molecule has 1 amide bonds. The number of carbonyl (C=O) groups excluding carboxylic acids is 1. The second-order valence-corrected chi connectivity index (χ2v) is 12.7. The van der Waals surface area contributed by atoms with Gasteiger partial charge in [-0.1, -0.05) is 12.1 Å². The van der Waals surface area contributed by atoms with Gasteiger partial charge >= 0.3 is 13.7 Å². The van der Waals surface area contributed by atoms with Gasteiger partial charge in [0.05, 0.1) is 18.5 Å². The maximum Gasteiger partial charge on any atom is 0.416 e. The molecule has 3 fully saturated rings. The number of nitrogens with zero attached hydrogens (tertiary/aromatic N) is 3. The van der Waals surface area contributed by atoms with Crippen molar-refractivity contribution in [3.63, 3.8) is 0 Å². The molecule has 2 N–H and O–H groups in total. The van der Waals surface area contributed by atoms with Crippen LogP contribution in [0.15, 0.2) is 54.7 Å². The Kier molecular flexibility index (Phi) is 7.36. The van der Waals surface area contributed by atoms with E-state index in [0.717, 1.165) is 54.6 Å². The minimum absolute atomic E-state index is 0.196. The second kappa shape index (κ2) is 10.8. The van der Waals surface area contributed by atoms with Crippen LogP contribution >= 0.6 is 7.60 Å². The first-order valence-electron chi connectivity index (χ1n) is 13.9. The molecule has 3 aromatic rings. The highest BCUT2D eigenvalue weighted by Crippen LogP contribution is 2.47. The van der Waals surface area contributed by atoms with Crippen molar-refractivity contribution in [3.05, 3.63) is 71.7 Å². The number of hydrogen-bond acceptors (Lipinski definition) is 6. The molecule has 0 bridgehead atoms. The molecule has 9 nitrogen and oxygen atoms in total. The van der Waals surface area contributed by atoms with E-state index in [9.17, 15) is 23.5 Å². The SMILES string of the molecule is CCOc1cc(-c2ccc(F)cc2)c(C2CC2)cc1CN1CCC2(CC1)CN(c1ccc(P(=O)(O)O)cn1)C(=O)O2. The molecule has 41 heavy (non-hydrogen) atoms. The maximum absolute atomic E-state index is 13.6. The van der Waals surface area contributed by atoms with Gasteiger partial charge in [-0.2, -0.15) is 0 Å². The van der Waals surface area contributed by atoms with Crippen LogP contribution in [0.1, 0.15) is 49.7 Å². The van der Waals surface area contributed by atoms with E-state index in [1.807, 2.05) is 19.1 Å². The van der Waals surface area contributed by atoms with E-state index in [2.05, 4.69) is 22.0 Å². The van der Waals surface area contributed by atoms with Crippen molar-refractivity contribution >= 4 is 24.8 Å². The molecule has 11 heteroatoms. The molecule has 3 aliphatic rings. The lowest BCUT2D eigenvalue weighted by molar-refractivity contribution is -0.00111. The fraction of sp³-hybridized carbons (Fsp3) is 0.400. The molecule has 0 atom stereocenters. The smallest absolute Gasteiger partial charge is 0.416 e. The van der Waals surface area contributed by atoms with Crippen molar-refractivity contribution in [1.82, 2.24) is 9.88 Å². The number of aromatic nitrogens is 1. The Hall–Kier alpha value is -3.30. The largest absolute Gasteiger partial charge is 0.494 e. The Bertz CT molecular complexity index is 1480. The fourth-order valence-electron chi connectivity index (χ4n) is 5.80. The van der Waals surface area contributed by atoms with Gasteiger partial charge in [-0.25, -0.2) is 14.2 Å². The summed E-state index contributed by atoms with van der Waals surface area (Å²) in [5.41, 5.74) is 3.85. The van der Waals surface area contributed by atoms with Crippen LogP contribution in [-0.4, -0.2) is 57.6 Å². The zero-order chi connectivity index (χ0) is 28.8. The van der Waals surface area contributed by atoms with E-state index in [1.165, 1.54) is 34.7 Å². The average molecular weight is 582 g/mol. The van der Waals surface area contributed by atoms with E-state index in [0.29, 0.717) is 44.3 Å². The van der Waals surface area contributed by atoms with Gasteiger partial charge in [-0.3, -0.25) is 14.4 Å². The molecule has 2 aliphatic heterocycles. The van der Waals surface area contributed by atoms with Gasteiger partial charge in [-0.15, -0.1) is 0 Å². The van der Waals surface area contributed by atoms with Crippen LogP contribution in [-0.2, 0) is 15.8 Å². The van der Waals surface area contributed by atoms with E-state index < -0.39 is 19.3 Å². The molecule has 0 radical (unpaired) electrons. The van der Waals surface area contributed by atoms with Crippen molar-refractivity contribution in [2.45, 2.75) is 50.7 Å². The summed E-state index contributed by atoms with van der Waals surface area (Å²) in [4.78, 5) is 39.3. The van der Waals surface area contributed by atoms with Crippen LogP contribution in [0.2, 0.25) is 0 Å². The molecule has 1 saturated carbocycles. The number of carbonyl (C=O) groups is 1. The first kappa shape index (κ1) is 27.8. The van der Waals surface area contributed by atoms with Crippen LogP contribution in [0.3, 0.4) is 0 Å². The Morgan fingerprint density at radius 3 is 2.46 bits per heavy atom. The molecule has 1 aliphatic carbocycles. The molecule has 6 rings (SSSR count). The zero-order valence-corrected chi connectivity index (χ0v) is 23.7. The Morgan fingerprint density at radius 2 is 1.85 bits per heavy atom. The van der Waals surface area contributed by atoms with Crippen LogP contribution in [0.4, 0.5) is 15.0 Å². The third-order valence-electron chi connectivity index (χ3n) is 8.18. The third-order valence-corrected chi connectivity index (χ3v) is 9.12. The molecule has 2 saturated heterocycles. The highest BCUT2D eigenvalue weighted by molar-refractivity contribution is 7.60. The van der Waals surface area contributed by atoms with E-state index in [-0.39, 0.29) is 11.1 Å². The number of hydrogen-bond donors (Lipinski definition) is 2. The molecule has 1 aromatic heterocycles. The summed E-state index contributed by atoms with van der Waals surface area (Å²) in [5.74, 6) is 1.39. The molecule has 2 aromatic carbocycles. The number of rotatable bonds is 8. The molecular formula is C30H33FN3O6P. The first-order chi connectivity index (χ1) is 19.6. The number of ether oxygens (including phenoxy) is 2.